The normalized spacial score (nSPS) is 17.7. The third-order valence-corrected chi connectivity index (χ3v) is 4.58. The number of rotatable bonds is 12. The number of carbonyl (C=O) groups is 3. The molecule has 0 saturated carbocycles. The summed E-state index contributed by atoms with van der Waals surface area (Å²) in [6.45, 7) is 9.76. The van der Waals surface area contributed by atoms with E-state index in [4.69, 9.17) is 5.73 Å². The molecule has 8 heteroatoms. The Balaban J connectivity index is 4.76. The van der Waals surface area contributed by atoms with Gasteiger partial charge in [0.25, 0.3) is 0 Å². The Morgan fingerprint density at radius 1 is 1.08 bits per heavy atom. The van der Waals surface area contributed by atoms with Crippen molar-refractivity contribution in [2.75, 3.05) is 6.54 Å². The van der Waals surface area contributed by atoms with Crippen molar-refractivity contribution in [3.63, 3.8) is 0 Å². The first-order valence-corrected chi connectivity index (χ1v) is 9.05. The SMILES string of the molecule is CCC(=O)C(C)(C)C[C@@H](NC(=O)[C@@H](C)NCC(=O)[C@H](N)[C@@H](C)O)[C@@H](C)O. The summed E-state index contributed by atoms with van der Waals surface area (Å²) in [5.74, 6) is -0.739. The van der Waals surface area contributed by atoms with Gasteiger partial charge in [0, 0.05) is 11.8 Å². The van der Waals surface area contributed by atoms with Gasteiger partial charge in [0.1, 0.15) is 5.78 Å². The van der Waals surface area contributed by atoms with Crippen LogP contribution in [0.15, 0.2) is 0 Å². The van der Waals surface area contributed by atoms with Crippen LogP contribution >= 0.6 is 0 Å². The summed E-state index contributed by atoms with van der Waals surface area (Å²) < 4.78 is 0. The van der Waals surface area contributed by atoms with E-state index in [9.17, 15) is 24.6 Å². The van der Waals surface area contributed by atoms with Gasteiger partial charge in [-0.15, -0.1) is 0 Å². The largest absolute Gasteiger partial charge is 0.391 e. The second kappa shape index (κ2) is 10.7. The molecule has 8 nitrogen and oxygen atoms in total. The molecule has 152 valence electrons. The quantitative estimate of drug-likeness (QED) is 0.310. The predicted octanol–water partition coefficient (Wildman–Crippen LogP) is -0.497. The molecule has 0 unspecified atom stereocenters. The fourth-order valence-electron chi connectivity index (χ4n) is 2.53. The van der Waals surface area contributed by atoms with Crippen molar-refractivity contribution >= 4 is 17.5 Å². The van der Waals surface area contributed by atoms with Gasteiger partial charge in [-0.05, 0) is 27.2 Å². The molecule has 1 amide bonds. The average molecular weight is 373 g/mol. The predicted molar refractivity (Wildman–Crippen MR) is 99.4 cm³/mol. The van der Waals surface area contributed by atoms with Crippen molar-refractivity contribution in [1.29, 1.82) is 0 Å². The lowest BCUT2D eigenvalue weighted by atomic mass is 9.79. The Morgan fingerprint density at radius 3 is 2.04 bits per heavy atom. The Kier molecular flexibility index (Phi) is 10.2. The van der Waals surface area contributed by atoms with Crippen LogP contribution in [0, 0.1) is 5.41 Å². The summed E-state index contributed by atoms with van der Waals surface area (Å²) in [5, 5.41) is 24.8. The van der Waals surface area contributed by atoms with Gasteiger partial charge in [-0.3, -0.25) is 19.7 Å². The fourth-order valence-corrected chi connectivity index (χ4v) is 2.53. The van der Waals surface area contributed by atoms with E-state index < -0.39 is 47.4 Å². The standard InChI is InChI=1S/C18H35N3O5/c1-7-15(25)18(5,6)8-13(11(3)22)21-17(26)10(2)20-9-14(24)16(19)12(4)23/h10-13,16,20,22-23H,7-9,19H2,1-6H3,(H,21,26)/t10-,11-,12-,13-,16-/m1/s1. The summed E-state index contributed by atoms with van der Waals surface area (Å²) in [6.07, 6.45) is -1.11. The monoisotopic (exact) mass is 373 g/mol. The van der Waals surface area contributed by atoms with Crippen LogP contribution in [0.3, 0.4) is 0 Å². The zero-order valence-electron chi connectivity index (χ0n) is 16.7. The first-order chi connectivity index (χ1) is 11.8. The maximum atomic E-state index is 12.3. The number of aliphatic hydroxyl groups excluding tert-OH is 2. The molecule has 26 heavy (non-hydrogen) atoms. The van der Waals surface area contributed by atoms with Gasteiger partial charge in [0.05, 0.1) is 36.9 Å². The maximum Gasteiger partial charge on any atom is 0.237 e. The van der Waals surface area contributed by atoms with E-state index in [0.717, 1.165) is 0 Å². The number of amides is 1. The van der Waals surface area contributed by atoms with E-state index in [1.165, 1.54) is 6.92 Å². The molecule has 0 aromatic heterocycles. The number of carbonyl (C=O) groups excluding carboxylic acids is 3. The minimum atomic E-state index is -1.01. The molecule has 0 rings (SSSR count). The molecule has 0 radical (unpaired) electrons. The zero-order valence-corrected chi connectivity index (χ0v) is 16.7. The summed E-state index contributed by atoms with van der Waals surface area (Å²) >= 11 is 0. The number of Topliss-reactive ketones (excluding diaryl/α,β-unsaturated/α-hetero) is 2. The number of hydrogen-bond acceptors (Lipinski definition) is 7. The molecule has 0 aromatic carbocycles. The molecule has 0 aliphatic heterocycles. The van der Waals surface area contributed by atoms with E-state index in [1.807, 2.05) is 0 Å². The molecule has 0 saturated heterocycles. The van der Waals surface area contributed by atoms with Crippen molar-refractivity contribution in [2.24, 2.45) is 11.1 Å². The van der Waals surface area contributed by atoms with Crippen molar-refractivity contribution in [3.8, 4) is 0 Å². The fraction of sp³-hybridized carbons (Fsp3) is 0.833. The number of nitrogens with two attached hydrogens (primary N) is 1. The van der Waals surface area contributed by atoms with Crippen LogP contribution in [0.2, 0.25) is 0 Å². The number of nitrogens with one attached hydrogen (secondary N) is 2. The Hall–Kier alpha value is -1.35. The number of hydrogen-bond donors (Lipinski definition) is 5. The highest BCUT2D eigenvalue weighted by Crippen LogP contribution is 2.26. The minimum absolute atomic E-state index is 0.0567. The first-order valence-electron chi connectivity index (χ1n) is 9.05. The smallest absolute Gasteiger partial charge is 0.237 e. The first kappa shape index (κ1) is 24.7. The van der Waals surface area contributed by atoms with Crippen LogP contribution < -0.4 is 16.4 Å². The molecule has 0 bridgehead atoms. The Labute approximate surface area is 155 Å². The van der Waals surface area contributed by atoms with Gasteiger partial charge in [0.2, 0.25) is 5.91 Å². The highest BCUT2D eigenvalue weighted by molar-refractivity contribution is 5.88. The molecule has 6 N–H and O–H groups in total. The lowest BCUT2D eigenvalue weighted by Crippen LogP contribution is -2.53. The van der Waals surface area contributed by atoms with Crippen molar-refractivity contribution < 1.29 is 24.6 Å². The van der Waals surface area contributed by atoms with Crippen LogP contribution in [0.5, 0.6) is 0 Å². The highest BCUT2D eigenvalue weighted by Gasteiger charge is 2.33. The van der Waals surface area contributed by atoms with Gasteiger partial charge in [-0.1, -0.05) is 20.8 Å². The molecule has 0 heterocycles. The number of ketones is 2. The summed E-state index contributed by atoms with van der Waals surface area (Å²) in [7, 11) is 0. The zero-order chi connectivity index (χ0) is 20.7. The molecule has 0 fully saturated rings. The van der Waals surface area contributed by atoms with Crippen LogP contribution in [-0.2, 0) is 14.4 Å². The molecule has 0 aliphatic carbocycles. The summed E-state index contributed by atoms with van der Waals surface area (Å²) in [4.78, 5) is 36.1. The van der Waals surface area contributed by atoms with Gasteiger partial charge in [0.15, 0.2) is 5.78 Å². The number of aliphatic hydroxyl groups is 2. The lowest BCUT2D eigenvalue weighted by molar-refractivity contribution is -0.130. The second-order valence-electron chi connectivity index (χ2n) is 7.56. The molecule has 0 aromatic rings. The average Bonchev–Trinajstić information content (AvgIpc) is 2.56. The lowest BCUT2D eigenvalue weighted by Gasteiger charge is -2.31. The van der Waals surface area contributed by atoms with Crippen LogP contribution in [0.1, 0.15) is 54.4 Å². The molecule has 0 spiro atoms. The van der Waals surface area contributed by atoms with Crippen LogP contribution in [0.4, 0.5) is 0 Å². The topological polar surface area (TPSA) is 142 Å². The van der Waals surface area contributed by atoms with Crippen molar-refractivity contribution in [2.45, 2.75) is 84.7 Å². The summed E-state index contributed by atoms with van der Waals surface area (Å²) in [6, 6.07) is -2.30. The second-order valence-corrected chi connectivity index (χ2v) is 7.56. The van der Waals surface area contributed by atoms with E-state index in [1.54, 1.807) is 34.6 Å². The van der Waals surface area contributed by atoms with Crippen LogP contribution in [0.25, 0.3) is 0 Å². The van der Waals surface area contributed by atoms with Gasteiger partial charge < -0.3 is 21.3 Å². The maximum absolute atomic E-state index is 12.3. The van der Waals surface area contributed by atoms with Crippen molar-refractivity contribution in [1.82, 2.24) is 10.6 Å². The van der Waals surface area contributed by atoms with E-state index in [2.05, 4.69) is 10.6 Å². The Bertz CT molecular complexity index is 491. The summed E-state index contributed by atoms with van der Waals surface area (Å²) in [5.41, 5.74) is 4.88. The van der Waals surface area contributed by atoms with E-state index >= 15 is 0 Å². The third kappa shape index (κ3) is 7.90. The van der Waals surface area contributed by atoms with Gasteiger partial charge >= 0.3 is 0 Å². The van der Waals surface area contributed by atoms with Gasteiger partial charge in [-0.2, -0.15) is 0 Å². The van der Waals surface area contributed by atoms with Crippen molar-refractivity contribution in [3.05, 3.63) is 0 Å². The third-order valence-electron chi connectivity index (χ3n) is 4.58. The molecule has 0 aliphatic rings. The highest BCUT2D eigenvalue weighted by atomic mass is 16.3. The van der Waals surface area contributed by atoms with E-state index in [0.29, 0.717) is 12.8 Å². The molecular formula is C18H35N3O5. The molecular weight excluding hydrogens is 338 g/mol. The Morgan fingerprint density at radius 2 is 1.62 bits per heavy atom. The van der Waals surface area contributed by atoms with E-state index in [-0.39, 0.29) is 12.3 Å². The molecule has 5 atom stereocenters. The minimum Gasteiger partial charge on any atom is -0.391 e. The van der Waals surface area contributed by atoms with Crippen LogP contribution in [-0.4, -0.2) is 64.6 Å². The van der Waals surface area contributed by atoms with Gasteiger partial charge in [-0.25, -0.2) is 0 Å².